The van der Waals surface area contributed by atoms with Crippen molar-refractivity contribution >= 4 is 29.1 Å². The highest BCUT2D eigenvalue weighted by Gasteiger charge is 2.17. The van der Waals surface area contributed by atoms with Gasteiger partial charge in [0, 0.05) is 16.6 Å². The summed E-state index contributed by atoms with van der Waals surface area (Å²) in [6, 6.07) is 18.0. The van der Waals surface area contributed by atoms with Gasteiger partial charge in [-0.15, -0.1) is 0 Å². The molecule has 0 atom stereocenters. The molecule has 26 heavy (non-hydrogen) atoms. The minimum absolute atomic E-state index is 0.0887. The third-order valence-electron chi connectivity index (χ3n) is 3.72. The summed E-state index contributed by atoms with van der Waals surface area (Å²) in [6.45, 7) is 0.692. The molecule has 0 bridgehead atoms. The standard InChI is InChI=1S/C20H17Cl2NO3/c21-16-8-6-15(7-9-16)12-23(13-19-5-2-10-25-19)20(24)14-26-18-4-1-3-17(22)11-18/h1-11H,12-14H2. The molecule has 6 heteroatoms. The zero-order valence-electron chi connectivity index (χ0n) is 13.9. The summed E-state index contributed by atoms with van der Waals surface area (Å²) in [5.41, 5.74) is 0.970. The quantitative estimate of drug-likeness (QED) is 0.557. The van der Waals surface area contributed by atoms with Crippen LogP contribution in [0.4, 0.5) is 0 Å². The predicted molar refractivity (Wildman–Crippen MR) is 101 cm³/mol. The Bertz CT molecular complexity index is 848. The number of benzene rings is 2. The molecule has 1 heterocycles. The first-order valence-corrected chi connectivity index (χ1v) is 8.79. The van der Waals surface area contributed by atoms with Gasteiger partial charge in [-0.05, 0) is 48.0 Å². The molecule has 3 rings (SSSR count). The highest BCUT2D eigenvalue weighted by atomic mass is 35.5. The number of hydrogen-bond donors (Lipinski definition) is 0. The molecule has 0 fully saturated rings. The summed E-state index contributed by atoms with van der Waals surface area (Å²) >= 11 is 11.9. The van der Waals surface area contributed by atoms with Gasteiger partial charge in [-0.2, -0.15) is 0 Å². The molecule has 0 saturated heterocycles. The molecule has 0 aliphatic rings. The van der Waals surface area contributed by atoms with Crippen LogP contribution in [0, 0.1) is 0 Å². The predicted octanol–water partition coefficient (Wildman–Crippen LogP) is 5.19. The van der Waals surface area contributed by atoms with Crippen molar-refractivity contribution in [2.24, 2.45) is 0 Å². The van der Waals surface area contributed by atoms with Crippen LogP contribution >= 0.6 is 23.2 Å². The second kappa shape index (κ2) is 8.79. The first-order chi connectivity index (χ1) is 12.6. The van der Waals surface area contributed by atoms with Crippen LogP contribution in [-0.2, 0) is 17.9 Å². The fraction of sp³-hybridized carbons (Fsp3) is 0.150. The molecule has 0 aliphatic heterocycles. The van der Waals surface area contributed by atoms with Crippen molar-refractivity contribution in [1.29, 1.82) is 0 Å². The van der Waals surface area contributed by atoms with Crippen molar-refractivity contribution in [3.63, 3.8) is 0 Å². The van der Waals surface area contributed by atoms with Crippen LogP contribution < -0.4 is 4.74 Å². The van der Waals surface area contributed by atoms with Gasteiger partial charge < -0.3 is 14.1 Å². The highest BCUT2D eigenvalue weighted by Crippen LogP contribution is 2.18. The van der Waals surface area contributed by atoms with Gasteiger partial charge in [-0.25, -0.2) is 0 Å². The summed E-state index contributed by atoms with van der Waals surface area (Å²) in [6.07, 6.45) is 1.59. The van der Waals surface area contributed by atoms with Gasteiger partial charge >= 0.3 is 0 Å². The molecule has 4 nitrogen and oxygen atoms in total. The van der Waals surface area contributed by atoms with Gasteiger partial charge in [0.1, 0.15) is 11.5 Å². The average molecular weight is 390 g/mol. The van der Waals surface area contributed by atoms with Crippen molar-refractivity contribution < 1.29 is 13.9 Å². The van der Waals surface area contributed by atoms with Crippen molar-refractivity contribution in [2.45, 2.75) is 13.1 Å². The molecule has 1 aromatic heterocycles. The van der Waals surface area contributed by atoms with E-state index in [1.54, 1.807) is 53.6 Å². The van der Waals surface area contributed by atoms with E-state index in [0.29, 0.717) is 34.6 Å². The Morgan fingerprint density at radius 3 is 2.46 bits per heavy atom. The Labute approximate surface area is 161 Å². The average Bonchev–Trinajstić information content (AvgIpc) is 3.14. The molecule has 0 N–H and O–H groups in total. The van der Waals surface area contributed by atoms with E-state index in [0.717, 1.165) is 5.56 Å². The number of rotatable bonds is 7. The minimum atomic E-state index is -0.156. The molecule has 1 amide bonds. The number of halogens is 2. The SMILES string of the molecule is O=C(COc1cccc(Cl)c1)N(Cc1ccc(Cl)cc1)Cc1ccco1. The Hall–Kier alpha value is -2.43. The van der Waals surface area contributed by atoms with Crippen molar-refractivity contribution in [1.82, 2.24) is 4.90 Å². The lowest BCUT2D eigenvalue weighted by molar-refractivity contribution is -0.134. The Morgan fingerprint density at radius 1 is 0.962 bits per heavy atom. The van der Waals surface area contributed by atoms with Gasteiger partial charge in [0.05, 0.1) is 12.8 Å². The zero-order valence-corrected chi connectivity index (χ0v) is 15.4. The van der Waals surface area contributed by atoms with E-state index in [9.17, 15) is 4.79 Å². The zero-order chi connectivity index (χ0) is 18.4. The van der Waals surface area contributed by atoms with E-state index in [-0.39, 0.29) is 12.5 Å². The van der Waals surface area contributed by atoms with E-state index in [1.807, 2.05) is 18.2 Å². The molecule has 0 aliphatic carbocycles. The van der Waals surface area contributed by atoms with E-state index < -0.39 is 0 Å². The number of ether oxygens (including phenoxy) is 1. The lowest BCUT2D eigenvalue weighted by atomic mass is 10.2. The second-order valence-electron chi connectivity index (χ2n) is 5.70. The van der Waals surface area contributed by atoms with Crippen molar-refractivity contribution in [2.75, 3.05) is 6.61 Å². The van der Waals surface area contributed by atoms with Gasteiger partial charge in [0.15, 0.2) is 6.61 Å². The number of amides is 1. The molecule has 134 valence electrons. The number of hydrogen-bond acceptors (Lipinski definition) is 3. The lowest BCUT2D eigenvalue weighted by Crippen LogP contribution is -2.34. The van der Waals surface area contributed by atoms with Gasteiger partial charge in [-0.3, -0.25) is 4.79 Å². The third-order valence-corrected chi connectivity index (χ3v) is 4.21. The highest BCUT2D eigenvalue weighted by molar-refractivity contribution is 6.30. The maximum atomic E-state index is 12.7. The Balaban J connectivity index is 1.68. The monoisotopic (exact) mass is 389 g/mol. The summed E-state index contributed by atoms with van der Waals surface area (Å²) in [4.78, 5) is 14.4. The summed E-state index contributed by atoms with van der Waals surface area (Å²) < 4.78 is 11.0. The van der Waals surface area contributed by atoms with Crippen molar-refractivity contribution in [3.05, 3.63) is 88.3 Å². The molecular formula is C20H17Cl2NO3. The molecule has 2 aromatic carbocycles. The molecular weight excluding hydrogens is 373 g/mol. The van der Waals surface area contributed by atoms with E-state index in [2.05, 4.69) is 0 Å². The smallest absolute Gasteiger partial charge is 0.261 e. The first kappa shape index (κ1) is 18.4. The van der Waals surface area contributed by atoms with Crippen LogP contribution in [0.25, 0.3) is 0 Å². The summed E-state index contributed by atoms with van der Waals surface area (Å²) in [5, 5.41) is 1.21. The van der Waals surface area contributed by atoms with Crippen LogP contribution in [0.15, 0.2) is 71.3 Å². The van der Waals surface area contributed by atoms with Crippen LogP contribution in [0.1, 0.15) is 11.3 Å². The maximum Gasteiger partial charge on any atom is 0.261 e. The molecule has 0 unspecified atom stereocenters. The largest absolute Gasteiger partial charge is 0.484 e. The fourth-order valence-electron chi connectivity index (χ4n) is 2.43. The van der Waals surface area contributed by atoms with E-state index in [1.165, 1.54) is 0 Å². The van der Waals surface area contributed by atoms with Crippen LogP contribution in [0.3, 0.4) is 0 Å². The lowest BCUT2D eigenvalue weighted by Gasteiger charge is -2.22. The summed E-state index contributed by atoms with van der Waals surface area (Å²) in [7, 11) is 0. The topological polar surface area (TPSA) is 42.7 Å². The van der Waals surface area contributed by atoms with Crippen LogP contribution in [0.2, 0.25) is 10.0 Å². The van der Waals surface area contributed by atoms with Crippen molar-refractivity contribution in [3.8, 4) is 5.75 Å². The fourth-order valence-corrected chi connectivity index (χ4v) is 2.73. The van der Waals surface area contributed by atoms with Gasteiger partial charge in [0.25, 0.3) is 5.91 Å². The first-order valence-electron chi connectivity index (χ1n) is 8.03. The number of carbonyl (C=O) groups excluding carboxylic acids is 1. The molecule has 0 radical (unpaired) electrons. The number of nitrogens with zero attached hydrogens (tertiary/aromatic N) is 1. The van der Waals surface area contributed by atoms with Crippen LogP contribution in [-0.4, -0.2) is 17.4 Å². The van der Waals surface area contributed by atoms with E-state index in [4.69, 9.17) is 32.4 Å². The number of furan rings is 1. The van der Waals surface area contributed by atoms with Crippen LogP contribution in [0.5, 0.6) is 5.75 Å². The summed E-state index contributed by atoms with van der Waals surface area (Å²) in [5.74, 6) is 1.10. The maximum absolute atomic E-state index is 12.7. The molecule has 0 saturated carbocycles. The normalized spacial score (nSPS) is 10.5. The Morgan fingerprint density at radius 2 is 1.77 bits per heavy atom. The van der Waals surface area contributed by atoms with Gasteiger partial charge in [0.2, 0.25) is 0 Å². The molecule has 3 aromatic rings. The second-order valence-corrected chi connectivity index (χ2v) is 6.57. The van der Waals surface area contributed by atoms with E-state index >= 15 is 0 Å². The molecule has 0 spiro atoms. The Kier molecular flexibility index (Phi) is 6.21. The third kappa shape index (κ3) is 5.28. The number of carbonyl (C=O) groups is 1. The van der Waals surface area contributed by atoms with Gasteiger partial charge in [-0.1, -0.05) is 41.4 Å². The minimum Gasteiger partial charge on any atom is -0.484 e.